The van der Waals surface area contributed by atoms with E-state index in [0.717, 1.165) is 12.0 Å². The number of carbonyl (C=O) groups excluding carboxylic acids is 3. The van der Waals surface area contributed by atoms with Crippen LogP contribution in [0.1, 0.15) is 81.8 Å². The largest absolute Gasteiger partial charge is 0.507 e. The van der Waals surface area contributed by atoms with Gasteiger partial charge in [0.15, 0.2) is 6.29 Å². The molecule has 0 unspecified atom stereocenters. The number of ether oxygens (including phenoxy) is 1. The van der Waals surface area contributed by atoms with Crippen molar-refractivity contribution < 1.29 is 29.3 Å². The van der Waals surface area contributed by atoms with Gasteiger partial charge in [-0.15, -0.1) is 0 Å². The number of ketones is 1. The van der Waals surface area contributed by atoms with E-state index in [1.807, 2.05) is 13.8 Å². The molecule has 0 aliphatic heterocycles. The summed E-state index contributed by atoms with van der Waals surface area (Å²) in [6.45, 7) is 11.2. The Morgan fingerprint density at radius 1 is 1.30 bits per heavy atom. The van der Waals surface area contributed by atoms with Crippen LogP contribution in [0.2, 0.25) is 5.02 Å². The van der Waals surface area contributed by atoms with Gasteiger partial charge < -0.3 is 14.9 Å². The van der Waals surface area contributed by atoms with Crippen LogP contribution >= 0.6 is 11.6 Å². The Hall–Kier alpha value is -2.34. The Kier molecular flexibility index (Phi) is 8.75. The summed E-state index contributed by atoms with van der Waals surface area (Å²) in [7, 11) is 0. The fourth-order valence-electron chi connectivity index (χ4n) is 4.63. The molecule has 1 saturated carbocycles. The van der Waals surface area contributed by atoms with Crippen LogP contribution in [-0.4, -0.2) is 34.4 Å². The summed E-state index contributed by atoms with van der Waals surface area (Å²) in [5.41, 5.74) is 0.861. The predicted molar refractivity (Wildman–Crippen MR) is 128 cm³/mol. The topological polar surface area (TPSA) is 101 Å². The summed E-state index contributed by atoms with van der Waals surface area (Å²) in [5.74, 6) is -0.594. The zero-order valence-corrected chi connectivity index (χ0v) is 21.1. The maximum atomic E-state index is 12.5. The standard InChI is InChI=1S/C26H35ClO6/c1-7-22(30)33-21(12-26(6)15(3)9-11-20(29)17(26)5)14(2)8-10-18-24(31)19(13-28)16(4)23(27)25(18)32/h8,13,15,17,21,31-32H,7,9-12H2,1-6H3/t15-,17+,21-,26-/m1/s1. The zero-order chi connectivity index (χ0) is 25.1. The number of esters is 1. The van der Waals surface area contributed by atoms with Crippen molar-refractivity contribution in [2.75, 3.05) is 0 Å². The molecule has 33 heavy (non-hydrogen) atoms. The summed E-state index contributed by atoms with van der Waals surface area (Å²) in [5, 5.41) is 21.0. The van der Waals surface area contributed by atoms with E-state index in [1.165, 1.54) is 0 Å². The molecule has 1 fully saturated rings. The summed E-state index contributed by atoms with van der Waals surface area (Å²) in [6.07, 6.45) is 3.87. The van der Waals surface area contributed by atoms with Crippen LogP contribution in [-0.2, 0) is 20.7 Å². The number of Topliss-reactive ketones (excluding diaryl/α,β-unsaturated/α-hetero) is 1. The highest BCUT2D eigenvalue weighted by atomic mass is 35.5. The third-order valence-corrected chi connectivity index (χ3v) is 8.09. The molecule has 7 heteroatoms. The summed E-state index contributed by atoms with van der Waals surface area (Å²) < 4.78 is 5.77. The Labute approximate surface area is 201 Å². The van der Waals surface area contributed by atoms with Crippen LogP contribution in [0, 0.1) is 24.2 Å². The lowest BCUT2D eigenvalue weighted by Crippen LogP contribution is -2.44. The summed E-state index contributed by atoms with van der Waals surface area (Å²) in [4.78, 5) is 36.1. The molecule has 6 nitrogen and oxygen atoms in total. The number of phenolic OH excluding ortho intramolecular Hbond substituents is 2. The van der Waals surface area contributed by atoms with Crippen LogP contribution in [0.4, 0.5) is 0 Å². The lowest BCUT2D eigenvalue weighted by molar-refractivity contribution is -0.150. The van der Waals surface area contributed by atoms with Gasteiger partial charge in [-0.25, -0.2) is 0 Å². The van der Waals surface area contributed by atoms with Crippen molar-refractivity contribution in [2.45, 2.75) is 79.8 Å². The molecule has 2 rings (SSSR count). The van der Waals surface area contributed by atoms with Gasteiger partial charge in [-0.1, -0.05) is 45.4 Å². The first-order valence-corrected chi connectivity index (χ1v) is 11.8. The smallest absolute Gasteiger partial charge is 0.306 e. The molecule has 0 bridgehead atoms. The number of rotatable bonds is 8. The van der Waals surface area contributed by atoms with Gasteiger partial charge >= 0.3 is 5.97 Å². The normalized spacial score (nSPS) is 24.5. The maximum absolute atomic E-state index is 12.5. The second-order valence-electron chi connectivity index (χ2n) is 9.47. The Morgan fingerprint density at radius 3 is 2.52 bits per heavy atom. The number of carbonyl (C=O) groups is 3. The van der Waals surface area contributed by atoms with Gasteiger partial charge in [-0.3, -0.25) is 14.4 Å². The molecular formula is C26H35ClO6. The van der Waals surface area contributed by atoms with Gasteiger partial charge in [0.2, 0.25) is 0 Å². The number of halogens is 1. The molecule has 0 heterocycles. The van der Waals surface area contributed by atoms with Gasteiger partial charge in [0.25, 0.3) is 0 Å². The fraction of sp³-hybridized carbons (Fsp3) is 0.577. The molecule has 0 amide bonds. The van der Waals surface area contributed by atoms with Gasteiger partial charge in [0.1, 0.15) is 23.4 Å². The first-order valence-electron chi connectivity index (χ1n) is 11.5. The summed E-state index contributed by atoms with van der Waals surface area (Å²) in [6, 6.07) is 0. The van der Waals surface area contributed by atoms with Crippen LogP contribution in [0.15, 0.2) is 11.6 Å². The highest BCUT2D eigenvalue weighted by Crippen LogP contribution is 2.48. The molecule has 0 spiro atoms. The van der Waals surface area contributed by atoms with Crippen molar-refractivity contribution in [2.24, 2.45) is 17.3 Å². The number of aldehydes is 1. The van der Waals surface area contributed by atoms with Crippen LogP contribution < -0.4 is 0 Å². The lowest BCUT2D eigenvalue weighted by Gasteiger charge is -2.45. The van der Waals surface area contributed by atoms with E-state index in [1.54, 1.807) is 19.9 Å². The van der Waals surface area contributed by atoms with Gasteiger partial charge in [-0.2, -0.15) is 0 Å². The molecule has 1 aromatic rings. The third kappa shape index (κ3) is 5.43. The van der Waals surface area contributed by atoms with E-state index in [4.69, 9.17) is 16.3 Å². The first-order chi connectivity index (χ1) is 15.4. The Bertz CT molecular complexity index is 966. The lowest BCUT2D eigenvalue weighted by atomic mass is 9.59. The molecule has 0 saturated heterocycles. The SMILES string of the molecule is CCC(=O)O[C@H](C[C@]1(C)[C@H](C)CCC(=O)[C@@H]1C)C(C)=CCc1c(O)c(Cl)c(C)c(C=O)c1O. The highest BCUT2D eigenvalue weighted by molar-refractivity contribution is 6.33. The number of benzene rings is 1. The molecule has 2 N–H and O–H groups in total. The minimum atomic E-state index is -0.561. The molecule has 4 atom stereocenters. The van der Waals surface area contributed by atoms with Crippen molar-refractivity contribution in [3.8, 4) is 11.5 Å². The molecule has 182 valence electrons. The number of allylic oxidation sites excluding steroid dienone is 1. The van der Waals surface area contributed by atoms with E-state index in [9.17, 15) is 24.6 Å². The van der Waals surface area contributed by atoms with E-state index in [2.05, 4.69) is 13.8 Å². The fourth-order valence-corrected chi connectivity index (χ4v) is 4.84. The first kappa shape index (κ1) is 26.9. The summed E-state index contributed by atoms with van der Waals surface area (Å²) >= 11 is 6.16. The molecule has 0 aromatic heterocycles. The number of phenols is 2. The van der Waals surface area contributed by atoms with E-state index < -0.39 is 6.10 Å². The number of aromatic hydroxyl groups is 2. The maximum Gasteiger partial charge on any atom is 0.306 e. The molecule has 1 aliphatic rings. The van der Waals surface area contributed by atoms with Crippen molar-refractivity contribution in [1.29, 1.82) is 0 Å². The molecule has 0 radical (unpaired) electrons. The van der Waals surface area contributed by atoms with Crippen molar-refractivity contribution in [3.05, 3.63) is 33.4 Å². The second-order valence-corrected chi connectivity index (χ2v) is 9.85. The number of hydrogen-bond donors (Lipinski definition) is 2. The highest BCUT2D eigenvalue weighted by Gasteiger charge is 2.45. The van der Waals surface area contributed by atoms with E-state index in [-0.39, 0.29) is 69.5 Å². The van der Waals surface area contributed by atoms with Gasteiger partial charge in [0, 0.05) is 24.3 Å². The molecular weight excluding hydrogens is 444 g/mol. The second kappa shape index (κ2) is 10.7. The van der Waals surface area contributed by atoms with Gasteiger partial charge in [0.05, 0.1) is 10.6 Å². The molecule has 1 aromatic carbocycles. The zero-order valence-electron chi connectivity index (χ0n) is 20.3. The van der Waals surface area contributed by atoms with Crippen molar-refractivity contribution in [3.63, 3.8) is 0 Å². The predicted octanol–water partition coefficient (Wildman–Crippen LogP) is 5.71. The Morgan fingerprint density at radius 2 is 1.94 bits per heavy atom. The van der Waals surface area contributed by atoms with Crippen molar-refractivity contribution in [1.82, 2.24) is 0 Å². The van der Waals surface area contributed by atoms with Gasteiger partial charge in [-0.05, 0) is 55.6 Å². The monoisotopic (exact) mass is 478 g/mol. The minimum Gasteiger partial charge on any atom is -0.507 e. The number of hydrogen-bond acceptors (Lipinski definition) is 6. The average Bonchev–Trinajstić information content (AvgIpc) is 2.78. The molecule has 1 aliphatic carbocycles. The average molecular weight is 479 g/mol. The van der Waals surface area contributed by atoms with E-state index in [0.29, 0.717) is 24.7 Å². The quantitative estimate of drug-likeness (QED) is 0.282. The van der Waals surface area contributed by atoms with Crippen LogP contribution in [0.5, 0.6) is 11.5 Å². The minimum absolute atomic E-state index is 0.0146. The van der Waals surface area contributed by atoms with Crippen LogP contribution in [0.3, 0.4) is 0 Å². The Balaban J connectivity index is 2.41. The van der Waals surface area contributed by atoms with Crippen LogP contribution in [0.25, 0.3) is 0 Å². The van der Waals surface area contributed by atoms with E-state index >= 15 is 0 Å². The third-order valence-electron chi connectivity index (χ3n) is 7.63. The van der Waals surface area contributed by atoms with Crippen molar-refractivity contribution >= 4 is 29.6 Å².